The molecule has 3 rings (SSSR count). The quantitative estimate of drug-likeness (QED) is 0.760. The van der Waals surface area contributed by atoms with Crippen LogP contribution in [0.3, 0.4) is 0 Å². The zero-order valence-electron chi connectivity index (χ0n) is 11.8. The van der Waals surface area contributed by atoms with Crippen LogP contribution in [0.1, 0.15) is 5.56 Å². The van der Waals surface area contributed by atoms with Gasteiger partial charge in [0.2, 0.25) is 5.95 Å². The van der Waals surface area contributed by atoms with E-state index in [0.29, 0.717) is 11.6 Å². The van der Waals surface area contributed by atoms with E-state index in [1.54, 1.807) is 13.4 Å². The van der Waals surface area contributed by atoms with Crippen molar-refractivity contribution in [1.82, 2.24) is 19.9 Å². The molecule has 0 aliphatic carbocycles. The number of fused-ring (bicyclic) bond motifs is 1. The molecular formula is C14H15BrN6. The third kappa shape index (κ3) is 2.82. The fraction of sp³-hybridized carbons (Fsp3) is 0.214. The van der Waals surface area contributed by atoms with Gasteiger partial charge < -0.3 is 15.2 Å². The number of nitrogens with one attached hydrogen (secondary N) is 2. The third-order valence-corrected chi connectivity index (χ3v) is 3.65. The molecule has 0 unspecified atom stereocenters. The Kier molecular flexibility index (Phi) is 3.74. The van der Waals surface area contributed by atoms with Crippen LogP contribution in [0.2, 0.25) is 0 Å². The first-order valence-electron chi connectivity index (χ1n) is 6.52. The Hall–Kier alpha value is -2.15. The average Bonchev–Trinajstić information content (AvgIpc) is 2.94. The first kappa shape index (κ1) is 13.8. The molecule has 0 spiro atoms. The first-order valence-corrected chi connectivity index (χ1v) is 7.31. The lowest BCUT2D eigenvalue weighted by Crippen LogP contribution is -2.19. The zero-order chi connectivity index (χ0) is 14.8. The fourth-order valence-corrected chi connectivity index (χ4v) is 2.64. The van der Waals surface area contributed by atoms with Gasteiger partial charge in [-0.3, -0.25) is 0 Å². The Morgan fingerprint density at radius 3 is 2.95 bits per heavy atom. The maximum absolute atomic E-state index is 4.53. The molecule has 0 aliphatic heterocycles. The second-order valence-corrected chi connectivity index (χ2v) is 5.62. The molecular weight excluding hydrogens is 332 g/mol. The maximum atomic E-state index is 4.53. The van der Waals surface area contributed by atoms with E-state index in [1.807, 2.05) is 19.2 Å². The Morgan fingerprint density at radius 2 is 2.19 bits per heavy atom. The van der Waals surface area contributed by atoms with Crippen LogP contribution in [0, 0.1) is 0 Å². The Labute approximate surface area is 130 Å². The molecule has 0 radical (unpaired) electrons. The lowest BCUT2D eigenvalue weighted by molar-refractivity contribution is 0.898. The molecule has 0 saturated heterocycles. The summed E-state index contributed by atoms with van der Waals surface area (Å²) in [5.41, 5.74) is 2.70. The predicted octanol–water partition coefficient (Wildman–Crippen LogP) is 2.79. The van der Waals surface area contributed by atoms with E-state index >= 15 is 0 Å². The molecule has 21 heavy (non-hydrogen) atoms. The summed E-state index contributed by atoms with van der Waals surface area (Å²) in [4.78, 5) is 18.2. The van der Waals surface area contributed by atoms with E-state index in [4.69, 9.17) is 0 Å². The van der Waals surface area contributed by atoms with Gasteiger partial charge in [0.25, 0.3) is 0 Å². The van der Waals surface area contributed by atoms with E-state index < -0.39 is 0 Å². The minimum absolute atomic E-state index is 0.561. The van der Waals surface area contributed by atoms with Crippen molar-refractivity contribution in [2.24, 2.45) is 0 Å². The molecule has 6 nitrogen and oxygen atoms in total. The Morgan fingerprint density at radius 1 is 1.33 bits per heavy atom. The number of rotatable bonds is 4. The molecule has 0 fully saturated rings. The van der Waals surface area contributed by atoms with Crippen molar-refractivity contribution in [1.29, 1.82) is 0 Å². The highest BCUT2D eigenvalue weighted by Crippen LogP contribution is 2.23. The van der Waals surface area contributed by atoms with Gasteiger partial charge in [0.15, 0.2) is 11.5 Å². The molecule has 0 aliphatic rings. The summed E-state index contributed by atoms with van der Waals surface area (Å²) >= 11 is 3.49. The molecule has 2 heterocycles. The van der Waals surface area contributed by atoms with Crippen LogP contribution in [-0.4, -0.2) is 34.0 Å². The molecule has 0 saturated carbocycles. The molecule has 7 heteroatoms. The molecule has 108 valence electrons. The van der Waals surface area contributed by atoms with Crippen molar-refractivity contribution in [2.45, 2.75) is 6.54 Å². The van der Waals surface area contributed by atoms with E-state index in [1.165, 1.54) is 5.56 Å². The van der Waals surface area contributed by atoms with E-state index in [2.05, 4.69) is 58.2 Å². The second-order valence-electron chi connectivity index (χ2n) is 4.71. The lowest BCUT2D eigenvalue weighted by atomic mass is 10.2. The molecule has 3 aromatic rings. The highest BCUT2D eigenvalue weighted by molar-refractivity contribution is 9.10. The number of aromatic amines is 1. The molecule has 0 amide bonds. The number of anilines is 2. The van der Waals surface area contributed by atoms with Crippen molar-refractivity contribution in [2.75, 3.05) is 24.3 Å². The van der Waals surface area contributed by atoms with E-state index in [0.717, 1.165) is 22.4 Å². The van der Waals surface area contributed by atoms with Crippen LogP contribution in [0.15, 0.2) is 35.1 Å². The first-order chi connectivity index (χ1) is 10.2. The third-order valence-electron chi connectivity index (χ3n) is 3.16. The van der Waals surface area contributed by atoms with E-state index in [-0.39, 0.29) is 0 Å². The van der Waals surface area contributed by atoms with Gasteiger partial charge >= 0.3 is 0 Å². The van der Waals surface area contributed by atoms with Crippen LogP contribution in [0.25, 0.3) is 11.2 Å². The van der Waals surface area contributed by atoms with Crippen LogP contribution >= 0.6 is 15.9 Å². The second kappa shape index (κ2) is 5.69. The fourth-order valence-electron chi connectivity index (χ4n) is 2.19. The monoisotopic (exact) mass is 346 g/mol. The van der Waals surface area contributed by atoms with Crippen LogP contribution in [0.5, 0.6) is 0 Å². The number of H-pyrrole nitrogens is 1. The highest BCUT2D eigenvalue weighted by atomic mass is 79.9. The van der Waals surface area contributed by atoms with Crippen molar-refractivity contribution in [3.8, 4) is 0 Å². The maximum Gasteiger partial charge on any atom is 0.226 e. The summed E-state index contributed by atoms with van der Waals surface area (Å²) in [5.74, 6) is 1.38. The zero-order valence-corrected chi connectivity index (χ0v) is 13.3. The number of nitrogens with zero attached hydrogens (tertiary/aromatic N) is 4. The van der Waals surface area contributed by atoms with Crippen molar-refractivity contribution >= 4 is 38.9 Å². The number of imidazole rings is 1. The summed E-state index contributed by atoms with van der Waals surface area (Å²) in [5, 5.41) is 2.97. The average molecular weight is 347 g/mol. The van der Waals surface area contributed by atoms with Crippen molar-refractivity contribution < 1.29 is 0 Å². The summed E-state index contributed by atoms with van der Waals surface area (Å²) in [6, 6.07) is 8.23. The van der Waals surface area contributed by atoms with Gasteiger partial charge in [-0.05, 0) is 17.7 Å². The summed E-state index contributed by atoms with van der Waals surface area (Å²) in [6.07, 6.45) is 1.63. The number of benzene rings is 1. The Bertz CT molecular complexity index is 769. The van der Waals surface area contributed by atoms with Gasteiger partial charge in [0, 0.05) is 25.1 Å². The normalized spacial score (nSPS) is 10.8. The van der Waals surface area contributed by atoms with Crippen LogP contribution in [-0.2, 0) is 6.54 Å². The van der Waals surface area contributed by atoms with Gasteiger partial charge in [-0.2, -0.15) is 9.97 Å². The smallest absolute Gasteiger partial charge is 0.226 e. The van der Waals surface area contributed by atoms with Crippen molar-refractivity contribution in [3.05, 3.63) is 40.6 Å². The summed E-state index contributed by atoms with van der Waals surface area (Å²) in [6.45, 7) is 0.744. The minimum atomic E-state index is 0.561. The number of halogens is 1. The van der Waals surface area contributed by atoms with Gasteiger partial charge in [-0.15, -0.1) is 0 Å². The van der Waals surface area contributed by atoms with Crippen LogP contribution < -0.4 is 10.2 Å². The number of aromatic nitrogens is 4. The number of hydrogen-bond donors (Lipinski definition) is 2. The van der Waals surface area contributed by atoms with Gasteiger partial charge in [-0.1, -0.05) is 28.1 Å². The van der Waals surface area contributed by atoms with Crippen LogP contribution in [0.4, 0.5) is 11.8 Å². The molecule has 0 atom stereocenters. The molecule has 0 bridgehead atoms. The van der Waals surface area contributed by atoms with Gasteiger partial charge in [-0.25, -0.2) is 4.98 Å². The van der Waals surface area contributed by atoms with Crippen molar-refractivity contribution in [3.63, 3.8) is 0 Å². The highest BCUT2D eigenvalue weighted by Gasteiger charge is 2.13. The molecule has 2 N–H and O–H groups in total. The standard InChI is InChI=1S/C14H15BrN6/c1-16-14-19-12-11(17-8-18-12)13(20-14)21(2)7-9-4-3-5-10(15)6-9/h3-6,8H,7H2,1-2H3,(H2,16,17,18,19,20). The van der Waals surface area contributed by atoms with Gasteiger partial charge in [0.05, 0.1) is 6.33 Å². The largest absolute Gasteiger partial charge is 0.357 e. The summed E-state index contributed by atoms with van der Waals surface area (Å²) < 4.78 is 1.07. The predicted molar refractivity (Wildman–Crippen MR) is 87.5 cm³/mol. The van der Waals surface area contributed by atoms with E-state index in [9.17, 15) is 0 Å². The topological polar surface area (TPSA) is 69.7 Å². The Balaban J connectivity index is 1.97. The molecule has 1 aromatic carbocycles. The lowest BCUT2D eigenvalue weighted by Gasteiger charge is -2.19. The van der Waals surface area contributed by atoms with Gasteiger partial charge in [0.1, 0.15) is 5.52 Å². The molecule has 2 aromatic heterocycles. The summed E-state index contributed by atoms with van der Waals surface area (Å²) in [7, 11) is 3.80. The SMILES string of the molecule is CNc1nc(N(C)Cc2cccc(Br)c2)c2[nH]cnc2n1. The minimum Gasteiger partial charge on any atom is -0.357 e. The number of hydrogen-bond acceptors (Lipinski definition) is 5.